The Hall–Kier alpha value is -1.90. The Morgan fingerprint density at radius 1 is 1.39 bits per heavy atom. The Morgan fingerprint density at radius 3 is 2.50 bits per heavy atom. The predicted octanol–water partition coefficient (Wildman–Crippen LogP) is 0.710. The Balaban J connectivity index is 2.74. The molecule has 0 spiro atoms. The van der Waals surface area contributed by atoms with Crippen molar-refractivity contribution < 1.29 is 19.7 Å². The second kappa shape index (κ2) is 6.74. The molecule has 2 N–H and O–H groups in total. The van der Waals surface area contributed by atoms with Crippen LogP contribution in [0.25, 0.3) is 0 Å². The fraction of sp³-hybridized carbons (Fsp3) is 0.385. The van der Waals surface area contributed by atoms with Gasteiger partial charge in [-0.25, -0.2) is 4.79 Å². The van der Waals surface area contributed by atoms with Gasteiger partial charge in [0.25, 0.3) is 0 Å². The molecular formula is C13H15NO4. The first-order chi connectivity index (χ1) is 8.60. The zero-order valence-corrected chi connectivity index (χ0v) is 10.0. The van der Waals surface area contributed by atoms with Crippen LogP contribution in [0.2, 0.25) is 0 Å². The quantitative estimate of drug-likeness (QED) is 0.750. The van der Waals surface area contributed by atoms with E-state index in [1.54, 1.807) is 31.2 Å². The molecule has 5 heteroatoms. The summed E-state index contributed by atoms with van der Waals surface area (Å²) in [5.74, 6) is -0.855. The molecule has 0 amide bonds. The second-order valence-electron chi connectivity index (χ2n) is 3.72. The van der Waals surface area contributed by atoms with E-state index in [2.05, 4.69) is 4.74 Å². The van der Waals surface area contributed by atoms with E-state index in [9.17, 15) is 15.0 Å². The van der Waals surface area contributed by atoms with Crippen LogP contribution in [0.4, 0.5) is 0 Å². The van der Waals surface area contributed by atoms with Crippen molar-refractivity contribution >= 4 is 5.97 Å². The first-order valence-electron chi connectivity index (χ1n) is 5.58. The van der Waals surface area contributed by atoms with Crippen molar-refractivity contribution in [2.45, 2.75) is 25.6 Å². The molecule has 0 heterocycles. The number of carbonyl (C=O) groups is 1. The van der Waals surface area contributed by atoms with E-state index in [0.717, 1.165) is 5.56 Å². The lowest BCUT2D eigenvalue weighted by molar-refractivity contribution is -0.159. The van der Waals surface area contributed by atoms with E-state index in [-0.39, 0.29) is 13.0 Å². The minimum Gasteiger partial charge on any atom is -0.464 e. The molecule has 0 aromatic heterocycles. The summed E-state index contributed by atoms with van der Waals surface area (Å²) < 4.78 is 4.62. The van der Waals surface area contributed by atoms with Gasteiger partial charge in [0.05, 0.1) is 19.1 Å². The largest absolute Gasteiger partial charge is 0.464 e. The average Bonchev–Trinajstić information content (AvgIpc) is 2.38. The highest BCUT2D eigenvalue weighted by Gasteiger charge is 2.26. The summed E-state index contributed by atoms with van der Waals surface area (Å²) in [6.07, 6.45) is -2.66. The summed E-state index contributed by atoms with van der Waals surface area (Å²) in [5, 5.41) is 27.9. The minimum atomic E-state index is -1.60. The second-order valence-corrected chi connectivity index (χ2v) is 3.72. The number of hydrogen-bond acceptors (Lipinski definition) is 5. The minimum absolute atomic E-state index is 0.143. The molecule has 0 saturated carbocycles. The van der Waals surface area contributed by atoms with Gasteiger partial charge in [-0.1, -0.05) is 24.3 Å². The summed E-state index contributed by atoms with van der Waals surface area (Å²) in [5.41, 5.74) is 1.20. The van der Waals surface area contributed by atoms with Crippen LogP contribution in [0.5, 0.6) is 0 Å². The van der Waals surface area contributed by atoms with Crippen molar-refractivity contribution in [3.8, 4) is 6.07 Å². The van der Waals surface area contributed by atoms with E-state index < -0.39 is 18.2 Å². The van der Waals surface area contributed by atoms with E-state index in [1.165, 1.54) is 0 Å². The van der Waals surface area contributed by atoms with Crippen LogP contribution < -0.4 is 0 Å². The summed E-state index contributed by atoms with van der Waals surface area (Å²) in [6, 6.07) is 8.48. The van der Waals surface area contributed by atoms with Crippen molar-refractivity contribution in [3.05, 3.63) is 35.4 Å². The molecule has 96 valence electrons. The van der Waals surface area contributed by atoms with E-state index in [4.69, 9.17) is 5.26 Å². The number of esters is 1. The van der Waals surface area contributed by atoms with Gasteiger partial charge in [0.15, 0.2) is 6.10 Å². The molecular weight excluding hydrogens is 234 g/mol. The molecule has 0 aliphatic carbocycles. The number of benzene rings is 1. The third-order valence-corrected chi connectivity index (χ3v) is 2.43. The van der Waals surface area contributed by atoms with E-state index in [0.29, 0.717) is 5.56 Å². The number of aliphatic hydroxyl groups excluding tert-OH is 2. The number of nitriles is 1. The van der Waals surface area contributed by atoms with E-state index >= 15 is 0 Å². The molecule has 5 nitrogen and oxygen atoms in total. The predicted molar refractivity (Wildman–Crippen MR) is 63.4 cm³/mol. The summed E-state index contributed by atoms with van der Waals surface area (Å²) in [7, 11) is 0. The van der Waals surface area contributed by atoms with E-state index in [1.807, 2.05) is 6.07 Å². The number of rotatable bonds is 5. The Morgan fingerprint density at radius 2 is 2.00 bits per heavy atom. The molecule has 0 bridgehead atoms. The fourth-order valence-electron chi connectivity index (χ4n) is 1.46. The number of carbonyl (C=O) groups excluding carboxylic acids is 1. The van der Waals surface area contributed by atoms with Gasteiger partial charge in [0, 0.05) is 0 Å². The normalized spacial score (nSPS) is 13.4. The third-order valence-electron chi connectivity index (χ3n) is 2.43. The Bertz CT molecular complexity index is 435. The van der Waals surface area contributed by atoms with Gasteiger partial charge < -0.3 is 14.9 Å². The smallest absolute Gasteiger partial charge is 0.338 e. The van der Waals surface area contributed by atoms with Crippen LogP contribution in [-0.2, 0) is 16.0 Å². The Kier molecular flexibility index (Phi) is 5.31. The van der Waals surface area contributed by atoms with Crippen molar-refractivity contribution in [1.29, 1.82) is 5.26 Å². The number of ether oxygens (including phenoxy) is 1. The van der Waals surface area contributed by atoms with Crippen LogP contribution >= 0.6 is 0 Å². The molecule has 0 radical (unpaired) electrons. The summed E-state index contributed by atoms with van der Waals surface area (Å²) in [6.45, 7) is 1.76. The van der Waals surface area contributed by atoms with Crippen molar-refractivity contribution in [2.75, 3.05) is 6.61 Å². The molecule has 0 fully saturated rings. The average molecular weight is 249 g/mol. The van der Waals surface area contributed by atoms with Crippen molar-refractivity contribution in [2.24, 2.45) is 0 Å². The maximum absolute atomic E-state index is 11.3. The van der Waals surface area contributed by atoms with Gasteiger partial charge in [0.2, 0.25) is 0 Å². The lowest BCUT2D eigenvalue weighted by Gasteiger charge is -2.16. The van der Waals surface area contributed by atoms with Crippen molar-refractivity contribution in [1.82, 2.24) is 0 Å². The van der Waals surface area contributed by atoms with Crippen LogP contribution in [0.3, 0.4) is 0 Å². The zero-order chi connectivity index (χ0) is 13.5. The van der Waals surface area contributed by atoms with Gasteiger partial charge in [-0.2, -0.15) is 5.26 Å². The highest BCUT2D eigenvalue weighted by atomic mass is 16.5. The third kappa shape index (κ3) is 3.55. The molecule has 0 aliphatic heterocycles. The van der Waals surface area contributed by atoms with Gasteiger partial charge >= 0.3 is 5.97 Å². The molecule has 18 heavy (non-hydrogen) atoms. The summed E-state index contributed by atoms with van der Waals surface area (Å²) in [4.78, 5) is 11.3. The lowest BCUT2D eigenvalue weighted by Crippen LogP contribution is -2.29. The maximum atomic E-state index is 11.3. The monoisotopic (exact) mass is 249 g/mol. The molecule has 2 atom stereocenters. The fourth-order valence-corrected chi connectivity index (χ4v) is 1.46. The van der Waals surface area contributed by atoms with Gasteiger partial charge in [-0.3, -0.25) is 0 Å². The maximum Gasteiger partial charge on any atom is 0.338 e. The van der Waals surface area contributed by atoms with Crippen LogP contribution in [0, 0.1) is 11.3 Å². The number of aliphatic hydroxyl groups is 2. The Labute approximate surface area is 105 Å². The molecule has 0 aliphatic rings. The standard InChI is InChI=1S/C13H15NO4/c1-2-18-13(17)12(16)11(15)10-5-3-9(4-6-10)7-8-14/h3-6,11-12,15-16H,2,7H2,1H3. The van der Waals surface area contributed by atoms with Gasteiger partial charge in [-0.15, -0.1) is 0 Å². The van der Waals surface area contributed by atoms with Gasteiger partial charge in [-0.05, 0) is 18.1 Å². The molecule has 1 aromatic carbocycles. The lowest BCUT2D eigenvalue weighted by atomic mass is 10.0. The highest BCUT2D eigenvalue weighted by molar-refractivity contribution is 5.75. The zero-order valence-electron chi connectivity index (χ0n) is 10.0. The van der Waals surface area contributed by atoms with Crippen LogP contribution in [0.1, 0.15) is 24.2 Å². The van der Waals surface area contributed by atoms with Crippen molar-refractivity contribution in [3.63, 3.8) is 0 Å². The summed E-state index contributed by atoms with van der Waals surface area (Å²) >= 11 is 0. The number of hydrogen-bond donors (Lipinski definition) is 2. The van der Waals surface area contributed by atoms with Crippen LogP contribution in [0.15, 0.2) is 24.3 Å². The SMILES string of the molecule is CCOC(=O)C(O)C(O)c1ccc(CC#N)cc1. The molecule has 2 unspecified atom stereocenters. The highest BCUT2D eigenvalue weighted by Crippen LogP contribution is 2.18. The first kappa shape index (κ1) is 14.2. The molecule has 1 rings (SSSR count). The van der Waals surface area contributed by atoms with Gasteiger partial charge in [0.1, 0.15) is 6.10 Å². The van der Waals surface area contributed by atoms with Crippen LogP contribution in [-0.4, -0.2) is 28.9 Å². The number of nitrogens with zero attached hydrogens (tertiary/aromatic N) is 1. The molecule has 0 saturated heterocycles. The topological polar surface area (TPSA) is 90.6 Å². The molecule has 1 aromatic rings. The first-order valence-corrected chi connectivity index (χ1v) is 5.58.